The summed E-state index contributed by atoms with van der Waals surface area (Å²) in [7, 11) is 0. The molecule has 3 aromatic carbocycles. The van der Waals surface area contributed by atoms with Crippen molar-refractivity contribution in [3.8, 4) is 0 Å². The van der Waals surface area contributed by atoms with E-state index in [4.69, 9.17) is 5.73 Å². The molecule has 0 saturated carbocycles. The Morgan fingerprint density at radius 1 is 0.929 bits per heavy atom. The minimum absolute atomic E-state index is 0.0720. The first kappa shape index (κ1) is 17.5. The van der Waals surface area contributed by atoms with Gasteiger partial charge in [0.1, 0.15) is 0 Å². The van der Waals surface area contributed by atoms with Crippen LogP contribution in [0, 0.1) is 0 Å². The highest BCUT2D eigenvalue weighted by Crippen LogP contribution is 2.30. The number of nitrogens with one attached hydrogen (secondary N) is 1. The number of anilines is 3. The van der Waals surface area contributed by atoms with Crippen molar-refractivity contribution in [3.05, 3.63) is 96.1 Å². The van der Waals surface area contributed by atoms with Gasteiger partial charge in [0, 0.05) is 16.8 Å². The number of para-hydroxylation sites is 2. The number of carbonyl (C=O) groups excluding carboxylic acids is 2. The fourth-order valence-electron chi connectivity index (χ4n) is 3.28. The van der Waals surface area contributed by atoms with Crippen molar-refractivity contribution in [2.75, 3.05) is 22.5 Å². The van der Waals surface area contributed by atoms with Crippen molar-refractivity contribution < 1.29 is 9.59 Å². The van der Waals surface area contributed by atoms with E-state index in [1.165, 1.54) is 0 Å². The van der Waals surface area contributed by atoms with E-state index in [0.29, 0.717) is 29.0 Å². The SMILES string of the molecule is C=C1CN(c2ccc(C(=O)Nc3ccccc3N)cc2)C(=O)c2ccccc21. The number of nitrogen functional groups attached to an aromatic ring is 1. The highest BCUT2D eigenvalue weighted by molar-refractivity contribution is 6.13. The van der Waals surface area contributed by atoms with Crippen LogP contribution in [0.2, 0.25) is 0 Å². The molecule has 0 aromatic heterocycles. The van der Waals surface area contributed by atoms with Gasteiger partial charge in [-0.25, -0.2) is 0 Å². The molecule has 1 heterocycles. The second-order valence-electron chi connectivity index (χ2n) is 6.63. The number of nitrogens with two attached hydrogens (primary N) is 1. The topological polar surface area (TPSA) is 75.4 Å². The fraction of sp³-hybridized carbons (Fsp3) is 0.0435. The first-order chi connectivity index (χ1) is 13.5. The summed E-state index contributed by atoms with van der Waals surface area (Å²) >= 11 is 0. The monoisotopic (exact) mass is 369 g/mol. The molecule has 4 rings (SSSR count). The summed E-state index contributed by atoms with van der Waals surface area (Å²) in [5, 5.41) is 2.80. The average molecular weight is 369 g/mol. The molecule has 3 N–H and O–H groups in total. The molecule has 3 aromatic rings. The van der Waals surface area contributed by atoms with Crippen molar-refractivity contribution in [2.45, 2.75) is 0 Å². The smallest absolute Gasteiger partial charge is 0.259 e. The quantitative estimate of drug-likeness (QED) is 0.680. The number of carbonyl (C=O) groups is 2. The summed E-state index contributed by atoms with van der Waals surface area (Å²) in [4.78, 5) is 27.0. The minimum atomic E-state index is -0.260. The molecule has 0 radical (unpaired) electrons. The first-order valence-corrected chi connectivity index (χ1v) is 8.89. The number of hydrogen-bond donors (Lipinski definition) is 2. The maximum atomic E-state index is 12.9. The van der Waals surface area contributed by atoms with Gasteiger partial charge in [-0.1, -0.05) is 36.9 Å². The third-order valence-electron chi connectivity index (χ3n) is 4.78. The molecule has 0 atom stereocenters. The Balaban J connectivity index is 1.55. The average Bonchev–Trinajstić information content (AvgIpc) is 2.72. The van der Waals surface area contributed by atoms with Gasteiger partial charge in [-0.3, -0.25) is 9.59 Å². The lowest BCUT2D eigenvalue weighted by atomic mass is 9.95. The van der Waals surface area contributed by atoms with Crippen molar-refractivity contribution in [2.24, 2.45) is 0 Å². The van der Waals surface area contributed by atoms with Gasteiger partial charge in [0.15, 0.2) is 0 Å². The van der Waals surface area contributed by atoms with E-state index in [2.05, 4.69) is 11.9 Å². The highest BCUT2D eigenvalue weighted by atomic mass is 16.2. The lowest BCUT2D eigenvalue weighted by Crippen LogP contribution is -2.36. The molecule has 0 unspecified atom stereocenters. The molecule has 0 spiro atoms. The van der Waals surface area contributed by atoms with Crippen LogP contribution in [-0.2, 0) is 0 Å². The zero-order valence-corrected chi connectivity index (χ0v) is 15.2. The molecule has 1 aliphatic rings. The van der Waals surface area contributed by atoms with Crippen LogP contribution in [0.15, 0.2) is 79.4 Å². The van der Waals surface area contributed by atoms with E-state index in [1.54, 1.807) is 53.4 Å². The lowest BCUT2D eigenvalue weighted by Gasteiger charge is -2.30. The lowest BCUT2D eigenvalue weighted by molar-refractivity contribution is 0.0986. The van der Waals surface area contributed by atoms with Crippen LogP contribution >= 0.6 is 0 Å². The molecule has 5 nitrogen and oxygen atoms in total. The fourth-order valence-corrected chi connectivity index (χ4v) is 3.28. The van der Waals surface area contributed by atoms with Gasteiger partial charge in [-0.05, 0) is 53.6 Å². The summed E-state index contributed by atoms with van der Waals surface area (Å²) in [6, 6.07) is 21.5. The van der Waals surface area contributed by atoms with Crippen LogP contribution < -0.4 is 16.0 Å². The number of rotatable bonds is 3. The van der Waals surface area contributed by atoms with E-state index >= 15 is 0 Å². The van der Waals surface area contributed by atoms with Crippen LogP contribution in [0.1, 0.15) is 26.3 Å². The van der Waals surface area contributed by atoms with Crippen LogP contribution in [0.3, 0.4) is 0 Å². The van der Waals surface area contributed by atoms with Gasteiger partial charge in [-0.2, -0.15) is 0 Å². The Labute approximate surface area is 163 Å². The van der Waals surface area contributed by atoms with Crippen molar-refractivity contribution in [1.29, 1.82) is 0 Å². The second-order valence-corrected chi connectivity index (χ2v) is 6.63. The molecule has 1 aliphatic heterocycles. The molecular formula is C23H19N3O2. The molecule has 0 aliphatic carbocycles. The van der Waals surface area contributed by atoms with E-state index in [0.717, 1.165) is 16.8 Å². The molecule has 0 saturated heterocycles. The molecule has 138 valence electrons. The highest BCUT2D eigenvalue weighted by Gasteiger charge is 2.27. The molecule has 2 amide bonds. The second kappa shape index (κ2) is 7.04. The van der Waals surface area contributed by atoms with Gasteiger partial charge >= 0.3 is 0 Å². The summed E-state index contributed by atoms with van der Waals surface area (Å²) in [5.41, 5.74) is 10.6. The maximum Gasteiger partial charge on any atom is 0.259 e. The Hall–Kier alpha value is -3.86. The maximum absolute atomic E-state index is 12.9. The Morgan fingerprint density at radius 2 is 1.57 bits per heavy atom. The van der Waals surface area contributed by atoms with Gasteiger partial charge in [0.2, 0.25) is 0 Å². The summed E-state index contributed by atoms with van der Waals surface area (Å²) in [6.07, 6.45) is 0. The van der Waals surface area contributed by atoms with Crippen molar-refractivity contribution in [1.82, 2.24) is 0 Å². The predicted molar refractivity (Wildman–Crippen MR) is 112 cm³/mol. The van der Waals surface area contributed by atoms with Gasteiger partial charge in [0.05, 0.1) is 17.9 Å². The largest absolute Gasteiger partial charge is 0.397 e. The number of fused-ring (bicyclic) bond motifs is 1. The predicted octanol–water partition coefficient (Wildman–Crippen LogP) is 4.19. The van der Waals surface area contributed by atoms with Crippen molar-refractivity contribution >= 4 is 34.4 Å². The molecule has 5 heteroatoms. The van der Waals surface area contributed by atoms with Crippen LogP contribution in [-0.4, -0.2) is 18.4 Å². The number of hydrogen-bond acceptors (Lipinski definition) is 3. The normalized spacial score (nSPS) is 13.2. The van der Waals surface area contributed by atoms with Gasteiger partial charge < -0.3 is 16.0 Å². The Bertz CT molecular complexity index is 1090. The Kier molecular flexibility index (Phi) is 4.41. The first-order valence-electron chi connectivity index (χ1n) is 8.89. The standard InChI is InChI=1S/C23H19N3O2/c1-15-14-26(23(28)19-7-3-2-6-18(15)19)17-12-10-16(11-13-17)22(27)25-21-9-5-4-8-20(21)24/h2-13H,1,14,24H2,(H,25,27). The van der Waals surface area contributed by atoms with E-state index in [-0.39, 0.29) is 11.8 Å². The summed E-state index contributed by atoms with van der Waals surface area (Å²) < 4.78 is 0. The van der Waals surface area contributed by atoms with E-state index in [1.807, 2.05) is 24.3 Å². The van der Waals surface area contributed by atoms with E-state index in [9.17, 15) is 9.59 Å². The van der Waals surface area contributed by atoms with E-state index < -0.39 is 0 Å². The number of nitrogens with zero attached hydrogens (tertiary/aromatic N) is 1. The van der Waals surface area contributed by atoms with Gasteiger partial charge in [0.25, 0.3) is 11.8 Å². The zero-order valence-electron chi connectivity index (χ0n) is 15.2. The molecule has 0 bridgehead atoms. The summed E-state index contributed by atoms with van der Waals surface area (Å²) in [5.74, 6) is -0.332. The van der Waals surface area contributed by atoms with Crippen LogP contribution in [0.4, 0.5) is 17.1 Å². The summed E-state index contributed by atoms with van der Waals surface area (Å²) in [6.45, 7) is 4.52. The van der Waals surface area contributed by atoms with Crippen LogP contribution in [0.5, 0.6) is 0 Å². The van der Waals surface area contributed by atoms with Crippen molar-refractivity contribution in [3.63, 3.8) is 0 Å². The zero-order chi connectivity index (χ0) is 19.7. The molecular weight excluding hydrogens is 350 g/mol. The van der Waals surface area contributed by atoms with Crippen LogP contribution in [0.25, 0.3) is 5.57 Å². The number of amides is 2. The minimum Gasteiger partial charge on any atom is -0.397 e. The third-order valence-corrected chi connectivity index (χ3v) is 4.78. The molecule has 0 fully saturated rings. The third kappa shape index (κ3) is 3.14. The number of benzene rings is 3. The van der Waals surface area contributed by atoms with Gasteiger partial charge in [-0.15, -0.1) is 0 Å². The Morgan fingerprint density at radius 3 is 2.29 bits per heavy atom. The molecule has 28 heavy (non-hydrogen) atoms.